The average molecular weight is 259 g/mol. The molecule has 0 aliphatic rings. The number of nitrogens with zero attached hydrogens (tertiary/aromatic N) is 2. The van der Waals surface area contributed by atoms with Crippen LogP contribution >= 0.6 is 0 Å². The molecule has 2 aromatic rings. The van der Waals surface area contributed by atoms with Gasteiger partial charge in [0.05, 0.1) is 19.9 Å². The average Bonchev–Trinajstić information content (AvgIpc) is 2.45. The predicted molar refractivity (Wildman–Crippen MR) is 74.4 cm³/mol. The molecule has 0 radical (unpaired) electrons. The maximum absolute atomic E-state index is 5.80. The van der Waals surface area contributed by atoms with Gasteiger partial charge in [0.1, 0.15) is 23.1 Å². The summed E-state index contributed by atoms with van der Waals surface area (Å²) in [5.41, 5.74) is 7.45. The summed E-state index contributed by atoms with van der Waals surface area (Å²) in [6, 6.07) is 7.34. The lowest BCUT2D eigenvalue weighted by atomic mass is 10.1. The first-order chi connectivity index (χ1) is 9.16. The molecule has 100 valence electrons. The lowest BCUT2D eigenvalue weighted by Gasteiger charge is -2.09. The second kappa shape index (κ2) is 5.56. The van der Waals surface area contributed by atoms with Gasteiger partial charge in [-0.15, -0.1) is 0 Å². The molecule has 2 N–H and O–H groups in total. The molecule has 19 heavy (non-hydrogen) atoms. The van der Waals surface area contributed by atoms with E-state index in [9.17, 15) is 0 Å². The first kappa shape index (κ1) is 13.1. The molecule has 0 fully saturated rings. The number of nitrogens with two attached hydrogens (primary N) is 1. The Morgan fingerprint density at radius 3 is 2.16 bits per heavy atom. The molecule has 0 amide bonds. The van der Waals surface area contributed by atoms with Crippen molar-refractivity contribution >= 4 is 5.82 Å². The maximum atomic E-state index is 5.80. The summed E-state index contributed by atoms with van der Waals surface area (Å²) < 4.78 is 10.5. The SMILES string of the molecule is CCc1nc(N)cc(-c2cc(OC)cc(OC)c2)n1. The quantitative estimate of drug-likeness (QED) is 0.912. The minimum Gasteiger partial charge on any atom is -0.497 e. The van der Waals surface area contributed by atoms with Crippen molar-refractivity contribution in [2.75, 3.05) is 20.0 Å². The number of rotatable bonds is 4. The molecule has 0 unspecified atom stereocenters. The molecule has 1 aromatic heterocycles. The van der Waals surface area contributed by atoms with Crippen LogP contribution in [0.1, 0.15) is 12.7 Å². The van der Waals surface area contributed by atoms with E-state index in [1.54, 1.807) is 20.3 Å². The number of aromatic nitrogens is 2. The van der Waals surface area contributed by atoms with E-state index in [0.29, 0.717) is 17.3 Å². The van der Waals surface area contributed by atoms with Gasteiger partial charge in [-0.2, -0.15) is 0 Å². The van der Waals surface area contributed by atoms with Gasteiger partial charge in [0, 0.05) is 24.1 Å². The van der Waals surface area contributed by atoms with E-state index in [-0.39, 0.29) is 0 Å². The monoisotopic (exact) mass is 259 g/mol. The topological polar surface area (TPSA) is 70.3 Å². The van der Waals surface area contributed by atoms with Gasteiger partial charge >= 0.3 is 0 Å². The number of nitrogen functional groups attached to an aromatic ring is 1. The maximum Gasteiger partial charge on any atom is 0.131 e. The zero-order chi connectivity index (χ0) is 13.8. The lowest BCUT2D eigenvalue weighted by molar-refractivity contribution is 0.394. The van der Waals surface area contributed by atoms with Gasteiger partial charge in [-0.1, -0.05) is 6.92 Å². The molecule has 0 bridgehead atoms. The van der Waals surface area contributed by atoms with Crippen LogP contribution in [0, 0.1) is 0 Å². The molecule has 0 atom stereocenters. The lowest BCUT2D eigenvalue weighted by Crippen LogP contribution is -2.00. The highest BCUT2D eigenvalue weighted by atomic mass is 16.5. The summed E-state index contributed by atoms with van der Waals surface area (Å²) in [5, 5.41) is 0. The van der Waals surface area contributed by atoms with Crippen LogP contribution in [-0.4, -0.2) is 24.2 Å². The number of aryl methyl sites for hydroxylation is 1. The number of ether oxygens (including phenoxy) is 2. The van der Waals surface area contributed by atoms with Crippen LogP contribution in [0.25, 0.3) is 11.3 Å². The van der Waals surface area contributed by atoms with E-state index in [4.69, 9.17) is 15.2 Å². The molecule has 1 aromatic carbocycles. The van der Waals surface area contributed by atoms with Gasteiger partial charge in [-0.05, 0) is 12.1 Å². The Kier molecular flexibility index (Phi) is 3.85. The van der Waals surface area contributed by atoms with Crippen molar-refractivity contribution in [3.05, 3.63) is 30.1 Å². The third-order valence-corrected chi connectivity index (χ3v) is 2.76. The second-order valence-electron chi connectivity index (χ2n) is 4.05. The third-order valence-electron chi connectivity index (χ3n) is 2.76. The van der Waals surface area contributed by atoms with Crippen molar-refractivity contribution in [3.8, 4) is 22.8 Å². The summed E-state index contributed by atoms with van der Waals surface area (Å²) in [6.07, 6.45) is 0.735. The molecule has 0 aliphatic heterocycles. The first-order valence-electron chi connectivity index (χ1n) is 6.03. The minimum absolute atomic E-state index is 0.462. The Balaban J connectivity index is 2.54. The van der Waals surface area contributed by atoms with E-state index in [0.717, 1.165) is 23.5 Å². The first-order valence-corrected chi connectivity index (χ1v) is 6.03. The normalized spacial score (nSPS) is 10.3. The van der Waals surface area contributed by atoms with Gasteiger partial charge in [0.25, 0.3) is 0 Å². The van der Waals surface area contributed by atoms with Crippen LogP contribution in [0.3, 0.4) is 0 Å². The number of hydrogen-bond acceptors (Lipinski definition) is 5. The summed E-state index contributed by atoms with van der Waals surface area (Å²) in [5.74, 6) is 2.61. The Hall–Kier alpha value is -2.30. The smallest absolute Gasteiger partial charge is 0.131 e. The fourth-order valence-electron chi connectivity index (χ4n) is 1.78. The van der Waals surface area contributed by atoms with E-state index in [1.165, 1.54) is 0 Å². The molecule has 5 heteroatoms. The van der Waals surface area contributed by atoms with E-state index >= 15 is 0 Å². The fraction of sp³-hybridized carbons (Fsp3) is 0.286. The van der Waals surface area contributed by atoms with E-state index in [1.807, 2.05) is 25.1 Å². The molecule has 1 heterocycles. The largest absolute Gasteiger partial charge is 0.497 e. The standard InChI is InChI=1S/C14H17N3O2/c1-4-14-16-12(8-13(15)17-14)9-5-10(18-2)7-11(6-9)19-3/h5-8H,4H2,1-3H3,(H2,15,16,17). The molecule has 0 saturated heterocycles. The fourth-order valence-corrected chi connectivity index (χ4v) is 1.78. The molecule has 0 spiro atoms. The molecule has 0 saturated carbocycles. The van der Waals surface area contributed by atoms with Crippen LogP contribution in [0.5, 0.6) is 11.5 Å². The Morgan fingerprint density at radius 1 is 1.00 bits per heavy atom. The number of hydrogen-bond donors (Lipinski definition) is 1. The zero-order valence-electron chi connectivity index (χ0n) is 11.3. The minimum atomic E-state index is 0.462. The van der Waals surface area contributed by atoms with Gasteiger partial charge in [0.15, 0.2) is 0 Å². The van der Waals surface area contributed by atoms with E-state index < -0.39 is 0 Å². The van der Waals surface area contributed by atoms with Crippen molar-refractivity contribution in [1.82, 2.24) is 9.97 Å². The Morgan fingerprint density at radius 2 is 1.63 bits per heavy atom. The van der Waals surface area contributed by atoms with Gasteiger partial charge in [-0.3, -0.25) is 0 Å². The summed E-state index contributed by atoms with van der Waals surface area (Å²) >= 11 is 0. The molecular weight excluding hydrogens is 242 g/mol. The summed E-state index contributed by atoms with van der Waals surface area (Å²) in [6.45, 7) is 1.99. The van der Waals surface area contributed by atoms with Crippen LogP contribution in [0.2, 0.25) is 0 Å². The van der Waals surface area contributed by atoms with Crippen molar-refractivity contribution in [3.63, 3.8) is 0 Å². The van der Waals surface area contributed by atoms with Crippen LogP contribution < -0.4 is 15.2 Å². The molecule has 2 rings (SSSR count). The van der Waals surface area contributed by atoms with Crippen molar-refractivity contribution in [1.29, 1.82) is 0 Å². The van der Waals surface area contributed by atoms with Crippen LogP contribution in [0.15, 0.2) is 24.3 Å². The number of methoxy groups -OCH3 is 2. The highest BCUT2D eigenvalue weighted by Gasteiger charge is 2.08. The van der Waals surface area contributed by atoms with Gasteiger partial charge in [-0.25, -0.2) is 9.97 Å². The molecular formula is C14H17N3O2. The summed E-state index contributed by atoms with van der Waals surface area (Å²) in [4.78, 5) is 8.64. The number of anilines is 1. The molecule has 5 nitrogen and oxygen atoms in total. The third kappa shape index (κ3) is 2.93. The van der Waals surface area contributed by atoms with Crippen molar-refractivity contribution in [2.24, 2.45) is 0 Å². The highest BCUT2D eigenvalue weighted by Crippen LogP contribution is 2.29. The van der Waals surface area contributed by atoms with Crippen molar-refractivity contribution in [2.45, 2.75) is 13.3 Å². The molecule has 0 aliphatic carbocycles. The predicted octanol–water partition coefficient (Wildman–Crippen LogP) is 2.31. The van der Waals surface area contributed by atoms with Crippen LogP contribution in [0.4, 0.5) is 5.82 Å². The second-order valence-corrected chi connectivity index (χ2v) is 4.05. The number of benzene rings is 1. The Labute approximate surface area is 112 Å². The van der Waals surface area contributed by atoms with Gasteiger partial charge < -0.3 is 15.2 Å². The highest BCUT2D eigenvalue weighted by molar-refractivity contribution is 5.65. The zero-order valence-corrected chi connectivity index (χ0v) is 11.3. The van der Waals surface area contributed by atoms with Crippen LogP contribution in [-0.2, 0) is 6.42 Å². The Bertz CT molecular complexity index is 563. The van der Waals surface area contributed by atoms with E-state index in [2.05, 4.69) is 9.97 Å². The van der Waals surface area contributed by atoms with Crippen molar-refractivity contribution < 1.29 is 9.47 Å². The van der Waals surface area contributed by atoms with Gasteiger partial charge in [0.2, 0.25) is 0 Å². The summed E-state index contributed by atoms with van der Waals surface area (Å²) in [7, 11) is 3.23.